The molecular formula is C19H23N3O3S. The van der Waals surface area contributed by atoms with Crippen LogP contribution < -0.4 is 0 Å². The van der Waals surface area contributed by atoms with E-state index < -0.39 is 10.0 Å². The number of benzene rings is 1. The molecule has 0 fully saturated rings. The highest BCUT2D eigenvalue weighted by Gasteiger charge is 2.41. The van der Waals surface area contributed by atoms with E-state index in [4.69, 9.17) is 4.52 Å². The third-order valence-corrected chi connectivity index (χ3v) is 7.33. The molecule has 0 radical (unpaired) electrons. The van der Waals surface area contributed by atoms with Crippen molar-refractivity contribution in [2.24, 2.45) is 5.92 Å². The van der Waals surface area contributed by atoms with Gasteiger partial charge in [0.05, 0.1) is 6.04 Å². The van der Waals surface area contributed by atoms with Gasteiger partial charge in [-0.15, -0.1) is 0 Å². The van der Waals surface area contributed by atoms with Crippen molar-refractivity contribution in [1.29, 1.82) is 0 Å². The van der Waals surface area contributed by atoms with Crippen LogP contribution in [0.3, 0.4) is 0 Å². The van der Waals surface area contributed by atoms with E-state index in [1.807, 2.05) is 18.2 Å². The summed E-state index contributed by atoms with van der Waals surface area (Å²) in [6.07, 6.45) is 0.686. The Kier molecular flexibility index (Phi) is 3.96. The van der Waals surface area contributed by atoms with Crippen molar-refractivity contribution in [3.8, 4) is 0 Å². The van der Waals surface area contributed by atoms with Gasteiger partial charge in [0.15, 0.2) is 5.76 Å². The van der Waals surface area contributed by atoms with E-state index in [0.717, 1.165) is 11.2 Å². The Hall–Kier alpha value is -2.12. The van der Waals surface area contributed by atoms with Gasteiger partial charge in [0.1, 0.15) is 10.6 Å². The molecule has 0 aliphatic carbocycles. The maximum atomic E-state index is 13.4. The molecule has 0 saturated carbocycles. The number of aromatic nitrogens is 2. The average molecular weight is 373 g/mol. The Labute approximate surface area is 153 Å². The smallest absolute Gasteiger partial charge is 0.249 e. The number of hydrogen-bond donors (Lipinski definition) is 1. The lowest BCUT2D eigenvalue weighted by atomic mass is 9.92. The predicted molar refractivity (Wildman–Crippen MR) is 99.5 cm³/mol. The van der Waals surface area contributed by atoms with E-state index in [-0.39, 0.29) is 16.9 Å². The third kappa shape index (κ3) is 2.41. The second-order valence-electron chi connectivity index (χ2n) is 7.27. The zero-order valence-corrected chi connectivity index (χ0v) is 16.2. The molecule has 0 amide bonds. The molecular weight excluding hydrogens is 350 g/mol. The van der Waals surface area contributed by atoms with Crippen LogP contribution in [0, 0.1) is 19.8 Å². The van der Waals surface area contributed by atoms with Crippen molar-refractivity contribution in [2.75, 3.05) is 6.54 Å². The maximum absolute atomic E-state index is 13.4. The Morgan fingerprint density at radius 3 is 2.65 bits per heavy atom. The summed E-state index contributed by atoms with van der Waals surface area (Å²) in [5, 5.41) is 5.02. The number of fused-ring (bicyclic) bond motifs is 3. The molecule has 1 unspecified atom stereocenters. The van der Waals surface area contributed by atoms with Gasteiger partial charge in [-0.2, -0.15) is 4.31 Å². The first kappa shape index (κ1) is 17.3. The van der Waals surface area contributed by atoms with Crippen molar-refractivity contribution < 1.29 is 12.9 Å². The van der Waals surface area contributed by atoms with Crippen LogP contribution in [-0.2, 0) is 16.4 Å². The topological polar surface area (TPSA) is 79.2 Å². The molecule has 1 atom stereocenters. The highest BCUT2D eigenvalue weighted by molar-refractivity contribution is 7.89. The Bertz CT molecular complexity index is 1060. The lowest BCUT2D eigenvalue weighted by Crippen LogP contribution is -2.42. The quantitative estimate of drug-likeness (QED) is 0.759. The molecule has 7 heteroatoms. The van der Waals surface area contributed by atoms with Crippen molar-refractivity contribution in [1.82, 2.24) is 14.4 Å². The summed E-state index contributed by atoms with van der Waals surface area (Å²) < 4.78 is 33.6. The summed E-state index contributed by atoms with van der Waals surface area (Å²) in [7, 11) is -3.70. The van der Waals surface area contributed by atoms with E-state index in [1.165, 1.54) is 10.9 Å². The average Bonchev–Trinajstić information content (AvgIpc) is 3.13. The number of sulfonamides is 1. The van der Waals surface area contributed by atoms with Gasteiger partial charge in [0, 0.05) is 23.1 Å². The summed E-state index contributed by atoms with van der Waals surface area (Å²) in [4.78, 5) is 3.68. The molecule has 26 heavy (non-hydrogen) atoms. The second kappa shape index (κ2) is 5.96. The van der Waals surface area contributed by atoms with Crippen LogP contribution in [-0.4, -0.2) is 29.4 Å². The minimum Gasteiger partial charge on any atom is -0.360 e. The lowest BCUT2D eigenvalue weighted by Gasteiger charge is -2.37. The number of nitrogens with one attached hydrogen (secondary N) is 1. The third-order valence-electron chi connectivity index (χ3n) is 5.20. The van der Waals surface area contributed by atoms with Gasteiger partial charge in [-0.1, -0.05) is 37.2 Å². The van der Waals surface area contributed by atoms with Gasteiger partial charge in [0.2, 0.25) is 10.0 Å². The molecule has 1 N–H and O–H groups in total. The fourth-order valence-corrected chi connectivity index (χ4v) is 6.17. The van der Waals surface area contributed by atoms with E-state index in [2.05, 4.69) is 30.1 Å². The van der Waals surface area contributed by atoms with Gasteiger partial charge in [-0.3, -0.25) is 0 Å². The number of H-pyrrole nitrogens is 1. The minimum absolute atomic E-state index is 0.123. The summed E-state index contributed by atoms with van der Waals surface area (Å²) in [6, 6.07) is 7.91. The first-order valence-corrected chi connectivity index (χ1v) is 10.3. The van der Waals surface area contributed by atoms with Crippen LogP contribution in [0.15, 0.2) is 33.7 Å². The number of hydrogen-bond acceptors (Lipinski definition) is 4. The zero-order chi connectivity index (χ0) is 18.6. The van der Waals surface area contributed by atoms with Gasteiger partial charge in [-0.05, 0) is 37.8 Å². The summed E-state index contributed by atoms with van der Waals surface area (Å²) in [6.45, 7) is 7.88. The Morgan fingerprint density at radius 1 is 1.27 bits per heavy atom. The molecule has 1 aromatic carbocycles. The number of nitrogens with zero attached hydrogens (tertiary/aromatic N) is 2. The molecule has 1 aliphatic rings. The predicted octanol–water partition coefficient (Wildman–Crippen LogP) is 3.72. The monoisotopic (exact) mass is 373 g/mol. The van der Waals surface area contributed by atoms with Crippen LogP contribution >= 0.6 is 0 Å². The van der Waals surface area contributed by atoms with Crippen molar-refractivity contribution in [2.45, 2.75) is 45.1 Å². The van der Waals surface area contributed by atoms with Gasteiger partial charge >= 0.3 is 0 Å². The van der Waals surface area contributed by atoms with E-state index >= 15 is 0 Å². The minimum atomic E-state index is -3.70. The first-order chi connectivity index (χ1) is 12.3. The van der Waals surface area contributed by atoms with Gasteiger partial charge in [0.25, 0.3) is 0 Å². The van der Waals surface area contributed by atoms with Crippen molar-refractivity contribution >= 4 is 20.9 Å². The molecule has 0 saturated heterocycles. The lowest BCUT2D eigenvalue weighted by molar-refractivity contribution is 0.244. The van der Waals surface area contributed by atoms with Crippen LogP contribution in [0.2, 0.25) is 0 Å². The fourth-order valence-electron chi connectivity index (χ4n) is 4.14. The molecule has 3 heterocycles. The van der Waals surface area contributed by atoms with Crippen LogP contribution in [0.4, 0.5) is 0 Å². The number of rotatable bonds is 3. The standard InChI is InChI=1S/C19H23N3O3S/c1-11(2)18-17-15(14-7-5-6-8-16(14)20-17)9-10-22(18)26(23,24)19-12(3)21-25-13(19)4/h5-8,11,18,20H,9-10H2,1-4H3. The Morgan fingerprint density at radius 2 is 2.00 bits per heavy atom. The Balaban J connectivity index is 1.88. The van der Waals surface area contributed by atoms with Crippen LogP contribution in [0.25, 0.3) is 10.9 Å². The number of aromatic amines is 1. The van der Waals surface area contributed by atoms with Gasteiger partial charge < -0.3 is 9.51 Å². The van der Waals surface area contributed by atoms with Gasteiger partial charge in [-0.25, -0.2) is 8.42 Å². The molecule has 0 spiro atoms. The van der Waals surface area contributed by atoms with Crippen LogP contribution in [0.5, 0.6) is 0 Å². The van der Waals surface area contributed by atoms with E-state index in [1.54, 1.807) is 18.2 Å². The van der Waals surface area contributed by atoms with E-state index in [9.17, 15) is 8.42 Å². The van der Waals surface area contributed by atoms with Crippen LogP contribution in [0.1, 0.15) is 42.6 Å². The zero-order valence-electron chi connectivity index (χ0n) is 15.4. The van der Waals surface area contributed by atoms with E-state index in [0.29, 0.717) is 24.4 Å². The summed E-state index contributed by atoms with van der Waals surface area (Å²) >= 11 is 0. The first-order valence-electron chi connectivity index (χ1n) is 8.86. The fraction of sp³-hybridized carbons (Fsp3) is 0.421. The summed E-state index contributed by atoms with van der Waals surface area (Å²) in [5.41, 5.74) is 3.69. The molecule has 4 rings (SSSR count). The highest BCUT2D eigenvalue weighted by Crippen LogP contribution is 2.41. The molecule has 3 aromatic rings. The van der Waals surface area contributed by atoms with Crippen molar-refractivity contribution in [3.05, 3.63) is 47.0 Å². The normalized spacial score (nSPS) is 18.6. The number of aryl methyl sites for hydroxylation is 2. The SMILES string of the molecule is Cc1noc(C)c1S(=O)(=O)N1CCc2c([nH]c3ccccc23)C1C(C)C. The number of para-hydroxylation sites is 1. The summed E-state index contributed by atoms with van der Waals surface area (Å²) in [5.74, 6) is 0.463. The second-order valence-corrected chi connectivity index (χ2v) is 9.10. The van der Waals surface area contributed by atoms with Crippen molar-refractivity contribution in [3.63, 3.8) is 0 Å². The highest BCUT2D eigenvalue weighted by atomic mass is 32.2. The molecule has 6 nitrogen and oxygen atoms in total. The molecule has 138 valence electrons. The maximum Gasteiger partial charge on any atom is 0.249 e. The molecule has 1 aliphatic heterocycles. The molecule has 0 bridgehead atoms. The largest absolute Gasteiger partial charge is 0.360 e. The molecule has 2 aromatic heterocycles.